The summed E-state index contributed by atoms with van der Waals surface area (Å²) in [6.07, 6.45) is 1.71. The Morgan fingerprint density at radius 2 is 1.89 bits per heavy atom. The van der Waals surface area contributed by atoms with Crippen LogP contribution in [-0.2, 0) is 27.4 Å². The lowest BCUT2D eigenvalue weighted by atomic mass is 9.94. The highest BCUT2D eigenvalue weighted by atomic mass is 16.5. The van der Waals surface area contributed by atoms with Gasteiger partial charge in [-0.3, -0.25) is 9.59 Å². The SMILES string of the molecule is COCCN1C(=O)C(=O)/C(=C(\O)c2ccc3c(c2)CCCO3)C1c1cccc(OCc2ccccc2)c1. The smallest absolute Gasteiger partial charge is 0.295 e. The summed E-state index contributed by atoms with van der Waals surface area (Å²) in [6, 6.07) is 21.7. The predicted octanol–water partition coefficient (Wildman–Crippen LogP) is 4.66. The molecule has 1 amide bonds. The molecule has 37 heavy (non-hydrogen) atoms. The maximum absolute atomic E-state index is 13.3. The lowest BCUT2D eigenvalue weighted by molar-refractivity contribution is -0.140. The minimum Gasteiger partial charge on any atom is -0.507 e. The molecule has 7 nitrogen and oxygen atoms in total. The number of likely N-dealkylation sites (tertiary alicyclic amines) is 1. The van der Waals surface area contributed by atoms with Crippen molar-refractivity contribution in [3.63, 3.8) is 0 Å². The summed E-state index contributed by atoms with van der Waals surface area (Å²) in [5.74, 6) is -0.205. The molecule has 2 aliphatic rings. The summed E-state index contributed by atoms with van der Waals surface area (Å²) >= 11 is 0. The van der Waals surface area contributed by atoms with Crippen molar-refractivity contribution in [1.29, 1.82) is 0 Å². The molecule has 0 aliphatic carbocycles. The van der Waals surface area contributed by atoms with Gasteiger partial charge in [0.05, 0.1) is 24.8 Å². The van der Waals surface area contributed by atoms with E-state index in [1.165, 1.54) is 4.90 Å². The monoisotopic (exact) mass is 499 g/mol. The Morgan fingerprint density at radius 1 is 1.05 bits per heavy atom. The first-order chi connectivity index (χ1) is 18.1. The van der Waals surface area contributed by atoms with Crippen molar-refractivity contribution < 1.29 is 28.9 Å². The molecule has 2 aliphatic heterocycles. The fourth-order valence-electron chi connectivity index (χ4n) is 4.83. The normalized spacial score (nSPS) is 18.4. The third-order valence-electron chi connectivity index (χ3n) is 6.68. The molecule has 3 aromatic rings. The zero-order chi connectivity index (χ0) is 25.8. The van der Waals surface area contributed by atoms with Crippen LogP contribution < -0.4 is 9.47 Å². The highest BCUT2D eigenvalue weighted by Gasteiger charge is 2.46. The number of benzene rings is 3. The van der Waals surface area contributed by atoms with E-state index in [-0.39, 0.29) is 24.5 Å². The molecule has 1 fully saturated rings. The van der Waals surface area contributed by atoms with E-state index in [4.69, 9.17) is 14.2 Å². The summed E-state index contributed by atoms with van der Waals surface area (Å²) in [5.41, 5.74) is 3.20. The number of hydrogen-bond acceptors (Lipinski definition) is 6. The number of aryl methyl sites for hydroxylation is 1. The Balaban J connectivity index is 1.53. The molecule has 0 radical (unpaired) electrons. The van der Waals surface area contributed by atoms with Crippen LogP contribution in [-0.4, -0.2) is 48.6 Å². The lowest BCUT2D eigenvalue weighted by Crippen LogP contribution is -2.32. The molecule has 7 heteroatoms. The molecule has 1 atom stereocenters. The maximum atomic E-state index is 13.3. The van der Waals surface area contributed by atoms with Crippen LogP contribution in [0.15, 0.2) is 78.4 Å². The van der Waals surface area contributed by atoms with E-state index < -0.39 is 17.7 Å². The van der Waals surface area contributed by atoms with Crippen LogP contribution in [0.3, 0.4) is 0 Å². The fourth-order valence-corrected chi connectivity index (χ4v) is 4.83. The van der Waals surface area contributed by atoms with Crippen LogP contribution in [0.2, 0.25) is 0 Å². The number of carbonyl (C=O) groups is 2. The largest absolute Gasteiger partial charge is 0.507 e. The summed E-state index contributed by atoms with van der Waals surface area (Å²) in [6.45, 7) is 1.50. The molecule has 1 N–H and O–H groups in total. The molecule has 190 valence electrons. The molecular formula is C30H29NO6. The van der Waals surface area contributed by atoms with Gasteiger partial charge in [-0.05, 0) is 59.9 Å². The summed E-state index contributed by atoms with van der Waals surface area (Å²) in [4.78, 5) is 27.8. The van der Waals surface area contributed by atoms with Crippen molar-refractivity contribution in [2.45, 2.75) is 25.5 Å². The quantitative estimate of drug-likeness (QED) is 0.276. The van der Waals surface area contributed by atoms with Gasteiger partial charge in [0.1, 0.15) is 23.9 Å². The summed E-state index contributed by atoms with van der Waals surface area (Å²) < 4.78 is 16.9. The van der Waals surface area contributed by atoms with Gasteiger partial charge in [0, 0.05) is 19.2 Å². The zero-order valence-electron chi connectivity index (χ0n) is 20.7. The van der Waals surface area contributed by atoms with Gasteiger partial charge in [-0.15, -0.1) is 0 Å². The second-order valence-electron chi connectivity index (χ2n) is 9.11. The Hall–Kier alpha value is -4.10. The van der Waals surface area contributed by atoms with Crippen LogP contribution in [0.25, 0.3) is 5.76 Å². The van der Waals surface area contributed by atoms with E-state index in [0.29, 0.717) is 30.1 Å². The minimum atomic E-state index is -0.775. The molecule has 1 unspecified atom stereocenters. The first-order valence-electron chi connectivity index (χ1n) is 12.4. The van der Waals surface area contributed by atoms with Gasteiger partial charge in [-0.25, -0.2) is 0 Å². The highest BCUT2D eigenvalue weighted by Crippen LogP contribution is 2.41. The number of nitrogens with zero attached hydrogens (tertiary/aromatic N) is 1. The van der Waals surface area contributed by atoms with Crippen LogP contribution >= 0.6 is 0 Å². The van der Waals surface area contributed by atoms with Gasteiger partial charge in [0.2, 0.25) is 0 Å². The fraction of sp³-hybridized carbons (Fsp3) is 0.267. The third-order valence-corrected chi connectivity index (χ3v) is 6.68. The number of amides is 1. The zero-order valence-corrected chi connectivity index (χ0v) is 20.7. The number of carbonyl (C=O) groups excluding carboxylic acids is 2. The van der Waals surface area contributed by atoms with Crippen molar-refractivity contribution in [2.24, 2.45) is 0 Å². The molecule has 5 rings (SSSR count). The number of aliphatic hydroxyl groups is 1. The Morgan fingerprint density at radius 3 is 2.70 bits per heavy atom. The topological polar surface area (TPSA) is 85.3 Å². The highest BCUT2D eigenvalue weighted by molar-refractivity contribution is 6.46. The third kappa shape index (κ3) is 5.08. The standard InChI is InChI=1S/C30H29NO6/c1-35-16-14-31-27(22-9-5-11-24(18-22)37-19-20-7-3-2-4-8-20)26(29(33)30(31)34)28(32)23-12-13-25-21(17-23)10-6-15-36-25/h2-5,7-9,11-13,17-18,27,32H,6,10,14-16,19H2,1H3/b28-26-. The average molecular weight is 500 g/mol. The Bertz CT molecular complexity index is 1330. The van der Waals surface area contributed by atoms with E-state index >= 15 is 0 Å². The van der Waals surface area contributed by atoms with Crippen LogP contribution in [0.5, 0.6) is 11.5 Å². The molecule has 0 spiro atoms. The number of methoxy groups -OCH3 is 1. The van der Waals surface area contributed by atoms with Crippen molar-refractivity contribution in [1.82, 2.24) is 4.90 Å². The minimum absolute atomic E-state index is 0.0537. The summed E-state index contributed by atoms with van der Waals surface area (Å²) in [7, 11) is 1.54. The molecule has 0 bridgehead atoms. The molecule has 3 aromatic carbocycles. The Kier molecular flexibility index (Phi) is 7.23. The van der Waals surface area contributed by atoms with Crippen LogP contribution in [0, 0.1) is 0 Å². The van der Waals surface area contributed by atoms with E-state index in [1.807, 2.05) is 60.7 Å². The Labute approximate surface area is 215 Å². The van der Waals surface area contributed by atoms with Crippen LogP contribution in [0.4, 0.5) is 0 Å². The van der Waals surface area contributed by atoms with E-state index in [2.05, 4.69) is 0 Å². The second-order valence-corrected chi connectivity index (χ2v) is 9.11. The predicted molar refractivity (Wildman–Crippen MR) is 138 cm³/mol. The molecule has 0 saturated carbocycles. The van der Waals surface area contributed by atoms with Gasteiger partial charge in [0.15, 0.2) is 0 Å². The number of rotatable bonds is 8. The van der Waals surface area contributed by atoms with Gasteiger partial charge in [-0.2, -0.15) is 0 Å². The number of aliphatic hydroxyl groups excluding tert-OH is 1. The van der Waals surface area contributed by atoms with Gasteiger partial charge < -0.3 is 24.2 Å². The number of hydrogen-bond donors (Lipinski definition) is 1. The van der Waals surface area contributed by atoms with Crippen LogP contribution in [0.1, 0.15) is 34.7 Å². The van der Waals surface area contributed by atoms with Crippen molar-refractivity contribution in [2.75, 3.05) is 26.9 Å². The van der Waals surface area contributed by atoms with Crippen molar-refractivity contribution in [3.05, 3.63) is 101 Å². The molecule has 1 saturated heterocycles. The lowest BCUT2D eigenvalue weighted by Gasteiger charge is -2.25. The first-order valence-corrected chi connectivity index (χ1v) is 12.4. The number of Topliss-reactive ketones (excluding diaryl/α,β-unsaturated/α-hetero) is 1. The van der Waals surface area contributed by atoms with Gasteiger partial charge in [0.25, 0.3) is 11.7 Å². The first kappa shape index (κ1) is 24.6. The second kappa shape index (κ2) is 10.9. The van der Waals surface area contributed by atoms with E-state index in [0.717, 1.165) is 29.7 Å². The molecule has 0 aromatic heterocycles. The number of fused-ring (bicyclic) bond motifs is 1. The molecule has 2 heterocycles. The molecular weight excluding hydrogens is 470 g/mol. The number of ketones is 1. The van der Waals surface area contributed by atoms with E-state index in [1.54, 1.807) is 19.2 Å². The average Bonchev–Trinajstić information content (AvgIpc) is 3.20. The van der Waals surface area contributed by atoms with E-state index in [9.17, 15) is 14.7 Å². The van der Waals surface area contributed by atoms with Gasteiger partial charge in [-0.1, -0.05) is 42.5 Å². The summed E-state index contributed by atoms with van der Waals surface area (Å²) in [5, 5.41) is 11.4. The van der Waals surface area contributed by atoms with Gasteiger partial charge >= 0.3 is 0 Å². The van der Waals surface area contributed by atoms with Crippen molar-refractivity contribution in [3.8, 4) is 11.5 Å². The maximum Gasteiger partial charge on any atom is 0.295 e. The van der Waals surface area contributed by atoms with Crippen molar-refractivity contribution >= 4 is 17.4 Å². The number of ether oxygens (including phenoxy) is 3.